The minimum atomic E-state index is -0.173. The van der Waals surface area contributed by atoms with Gasteiger partial charge in [0, 0.05) is 15.9 Å². The van der Waals surface area contributed by atoms with Gasteiger partial charge in [0.05, 0.1) is 11.8 Å². The number of hydrogen-bond donors (Lipinski definition) is 1. The van der Waals surface area contributed by atoms with Gasteiger partial charge in [0.1, 0.15) is 13.2 Å². The van der Waals surface area contributed by atoms with Gasteiger partial charge in [0.2, 0.25) is 5.91 Å². The van der Waals surface area contributed by atoms with Crippen molar-refractivity contribution < 1.29 is 14.3 Å². The fraction of sp³-hybridized carbons (Fsp3) is 0.389. The number of hydrogen-bond acceptors (Lipinski definition) is 6. The maximum Gasteiger partial charge on any atom is 0.230 e. The van der Waals surface area contributed by atoms with Crippen LogP contribution in [0.15, 0.2) is 27.8 Å². The minimum Gasteiger partial charge on any atom is -0.486 e. The molecule has 1 aliphatic rings. The molecular formula is C18H20BrN3O3S. The fourth-order valence-electron chi connectivity index (χ4n) is 2.66. The molecule has 1 amide bonds. The number of nitrogens with zero attached hydrogens (tertiary/aromatic N) is 2. The van der Waals surface area contributed by atoms with E-state index in [1.165, 1.54) is 11.8 Å². The summed E-state index contributed by atoms with van der Waals surface area (Å²) in [6.07, 6.45) is 0. The van der Waals surface area contributed by atoms with E-state index in [2.05, 4.69) is 31.2 Å². The first-order valence-corrected chi connectivity index (χ1v) is 10.0. The van der Waals surface area contributed by atoms with Crippen molar-refractivity contribution in [2.24, 2.45) is 0 Å². The second-order valence-corrected chi connectivity index (χ2v) is 7.83. The van der Waals surface area contributed by atoms with E-state index in [9.17, 15) is 4.79 Å². The first-order chi connectivity index (χ1) is 12.4. The van der Waals surface area contributed by atoms with Gasteiger partial charge in [-0.2, -0.15) is 0 Å². The van der Waals surface area contributed by atoms with Crippen LogP contribution in [0.5, 0.6) is 11.5 Å². The van der Waals surface area contributed by atoms with Crippen LogP contribution < -0.4 is 14.8 Å². The Balaban J connectivity index is 1.62. The van der Waals surface area contributed by atoms with Crippen LogP contribution in [0, 0.1) is 13.8 Å². The van der Waals surface area contributed by atoms with E-state index in [1.54, 1.807) is 0 Å². The van der Waals surface area contributed by atoms with E-state index in [1.807, 2.05) is 39.0 Å². The second-order valence-electron chi connectivity index (χ2n) is 6.03. The van der Waals surface area contributed by atoms with Crippen LogP contribution in [0.2, 0.25) is 0 Å². The number of amides is 1. The number of benzene rings is 1. The van der Waals surface area contributed by atoms with E-state index in [0.29, 0.717) is 29.9 Å². The number of fused-ring (bicyclic) bond motifs is 1. The molecule has 0 fully saturated rings. The SMILES string of the molecule is Cc1cc(C)nc(SCC(=O)NC(C)c2cc3c(cc2Br)OCCO3)n1. The van der Waals surface area contributed by atoms with E-state index in [-0.39, 0.29) is 17.7 Å². The molecule has 0 saturated heterocycles. The van der Waals surface area contributed by atoms with E-state index >= 15 is 0 Å². The lowest BCUT2D eigenvalue weighted by Gasteiger charge is -2.22. The minimum absolute atomic E-state index is 0.0768. The molecule has 1 aromatic carbocycles. The Morgan fingerprint density at radius 1 is 1.19 bits per heavy atom. The van der Waals surface area contributed by atoms with Crippen molar-refractivity contribution in [3.8, 4) is 11.5 Å². The van der Waals surface area contributed by atoms with E-state index < -0.39 is 0 Å². The Hall–Kier alpha value is -1.80. The third-order valence-corrected chi connectivity index (χ3v) is 5.33. The maximum atomic E-state index is 12.3. The van der Waals surface area contributed by atoms with Gasteiger partial charge in [0.25, 0.3) is 0 Å². The van der Waals surface area contributed by atoms with Gasteiger partial charge in [0.15, 0.2) is 16.7 Å². The molecular weight excluding hydrogens is 418 g/mol. The lowest BCUT2D eigenvalue weighted by molar-refractivity contribution is -0.119. The molecule has 3 rings (SSSR count). The molecule has 26 heavy (non-hydrogen) atoms. The van der Waals surface area contributed by atoms with Crippen LogP contribution in [0.3, 0.4) is 0 Å². The molecule has 0 aliphatic carbocycles. The highest BCUT2D eigenvalue weighted by atomic mass is 79.9. The maximum absolute atomic E-state index is 12.3. The average molecular weight is 438 g/mol. The van der Waals surface area contributed by atoms with Crippen LogP contribution in [-0.2, 0) is 4.79 Å². The van der Waals surface area contributed by atoms with Crippen molar-refractivity contribution in [3.63, 3.8) is 0 Å². The predicted octanol–water partition coefficient (Wildman–Crippen LogP) is 3.60. The Bertz CT molecular complexity index is 811. The Morgan fingerprint density at radius 2 is 1.81 bits per heavy atom. The molecule has 0 bridgehead atoms. The van der Waals surface area contributed by atoms with Gasteiger partial charge in [-0.05, 0) is 44.5 Å². The molecule has 6 nitrogen and oxygen atoms in total. The highest BCUT2D eigenvalue weighted by Gasteiger charge is 2.19. The van der Waals surface area contributed by atoms with Crippen molar-refractivity contribution in [1.29, 1.82) is 0 Å². The molecule has 8 heteroatoms. The van der Waals surface area contributed by atoms with Gasteiger partial charge in [-0.1, -0.05) is 27.7 Å². The van der Waals surface area contributed by atoms with E-state index in [0.717, 1.165) is 21.4 Å². The van der Waals surface area contributed by atoms with E-state index in [4.69, 9.17) is 9.47 Å². The van der Waals surface area contributed by atoms with Crippen LogP contribution in [0.4, 0.5) is 0 Å². The number of thioether (sulfide) groups is 1. The number of ether oxygens (including phenoxy) is 2. The predicted molar refractivity (Wildman–Crippen MR) is 104 cm³/mol. The van der Waals surface area contributed by atoms with Gasteiger partial charge in [-0.3, -0.25) is 4.79 Å². The molecule has 1 aliphatic heterocycles. The summed E-state index contributed by atoms with van der Waals surface area (Å²) in [7, 11) is 0. The fourth-order valence-corrected chi connectivity index (χ4v) is 4.09. The molecule has 0 spiro atoms. The number of nitrogens with one attached hydrogen (secondary N) is 1. The molecule has 0 radical (unpaired) electrons. The number of aromatic nitrogens is 2. The molecule has 138 valence electrons. The number of rotatable bonds is 5. The number of carbonyl (C=O) groups excluding carboxylic acids is 1. The number of carbonyl (C=O) groups is 1. The molecule has 2 aromatic rings. The van der Waals surface area contributed by atoms with Gasteiger partial charge < -0.3 is 14.8 Å². The summed E-state index contributed by atoms with van der Waals surface area (Å²) in [6, 6.07) is 5.52. The Labute approximate surface area is 165 Å². The monoisotopic (exact) mass is 437 g/mol. The Morgan fingerprint density at radius 3 is 2.46 bits per heavy atom. The topological polar surface area (TPSA) is 73.3 Å². The standard InChI is InChI=1S/C18H20BrN3O3S/c1-10-6-11(2)21-18(20-10)26-9-17(23)22-12(3)13-7-15-16(8-14(13)19)25-5-4-24-15/h6-8,12H,4-5,9H2,1-3H3,(H,22,23). The number of halogens is 1. The average Bonchev–Trinajstić information content (AvgIpc) is 2.58. The van der Waals surface area contributed by atoms with Gasteiger partial charge in [-0.15, -0.1) is 0 Å². The third kappa shape index (κ3) is 4.67. The summed E-state index contributed by atoms with van der Waals surface area (Å²) in [5, 5.41) is 3.62. The second kappa shape index (κ2) is 8.26. The van der Waals surface area contributed by atoms with Crippen LogP contribution >= 0.6 is 27.7 Å². The third-order valence-electron chi connectivity index (χ3n) is 3.80. The molecule has 1 atom stereocenters. The first-order valence-electron chi connectivity index (χ1n) is 8.26. The zero-order chi connectivity index (χ0) is 18.7. The van der Waals surface area contributed by atoms with Gasteiger partial charge >= 0.3 is 0 Å². The highest BCUT2D eigenvalue weighted by Crippen LogP contribution is 2.37. The molecule has 1 unspecified atom stereocenters. The van der Waals surface area contributed by atoms with Crippen molar-refractivity contribution >= 4 is 33.6 Å². The van der Waals surface area contributed by atoms with Crippen LogP contribution in [0.1, 0.15) is 29.9 Å². The largest absolute Gasteiger partial charge is 0.486 e. The van der Waals surface area contributed by atoms with Gasteiger partial charge in [-0.25, -0.2) is 9.97 Å². The highest BCUT2D eigenvalue weighted by molar-refractivity contribution is 9.10. The first kappa shape index (κ1) is 19.0. The van der Waals surface area contributed by atoms with Crippen LogP contribution in [-0.4, -0.2) is 34.8 Å². The Kier molecular flexibility index (Phi) is 6.03. The van der Waals surface area contributed by atoms with Crippen molar-refractivity contribution in [1.82, 2.24) is 15.3 Å². The summed E-state index contributed by atoms with van der Waals surface area (Å²) in [4.78, 5) is 21.0. The molecule has 1 N–H and O–H groups in total. The zero-order valence-corrected chi connectivity index (χ0v) is 17.2. The normalized spacial score (nSPS) is 14.0. The van der Waals surface area contributed by atoms with Crippen molar-refractivity contribution in [2.45, 2.75) is 32.0 Å². The quantitative estimate of drug-likeness (QED) is 0.568. The van der Waals surface area contributed by atoms with Crippen LogP contribution in [0.25, 0.3) is 0 Å². The number of aryl methyl sites for hydroxylation is 2. The summed E-state index contributed by atoms with van der Waals surface area (Å²) in [5.74, 6) is 1.60. The summed E-state index contributed by atoms with van der Waals surface area (Å²) >= 11 is 4.88. The smallest absolute Gasteiger partial charge is 0.230 e. The molecule has 2 heterocycles. The molecule has 0 saturated carbocycles. The van der Waals surface area contributed by atoms with Crippen molar-refractivity contribution in [2.75, 3.05) is 19.0 Å². The summed E-state index contributed by atoms with van der Waals surface area (Å²) in [5.41, 5.74) is 2.73. The van der Waals surface area contributed by atoms with Crippen molar-refractivity contribution in [3.05, 3.63) is 39.6 Å². The molecule has 1 aromatic heterocycles. The summed E-state index contributed by atoms with van der Waals surface area (Å²) in [6.45, 7) is 6.84. The lowest BCUT2D eigenvalue weighted by atomic mass is 10.1. The zero-order valence-electron chi connectivity index (χ0n) is 14.8. The lowest BCUT2D eigenvalue weighted by Crippen LogP contribution is -2.28. The summed E-state index contributed by atoms with van der Waals surface area (Å²) < 4.78 is 12.1.